The summed E-state index contributed by atoms with van der Waals surface area (Å²) in [4.78, 5) is 12.1. The van der Waals surface area contributed by atoms with Crippen molar-refractivity contribution in [1.29, 1.82) is 0 Å². The fourth-order valence-corrected chi connectivity index (χ4v) is 4.15. The molecule has 1 heterocycles. The Morgan fingerprint density at radius 3 is 2.67 bits per heavy atom. The molecule has 2 rings (SSSR count). The zero-order chi connectivity index (χ0) is 17.5. The number of methoxy groups -OCH3 is 2. The molecule has 130 valence electrons. The number of carbonyl (C=O) groups is 1. The molecule has 0 bridgehead atoms. The lowest BCUT2D eigenvalue weighted by molar-refractivity contribution is -0.116. The second-order valence-electron chi connectivity index (χ2n) is 4.65. The second kappa shape index (κ2) is 9.24. The van der Waals surface area contributed by atoms with E-state index in [9.17, 15) is 4.79 Å². The summed E-state index contributed by atoms with van der Waals surface area (Å²) in [5, 5.41) is 11.3. The van der Waals surface area contributed by atoms with Crippen LogP contribution in [-0.2, 0) is 11.2 Å². The maximum absolute atomic E-state index is 12.1. The van der Waals surface area contributed by atoms with Crippen LogP contribution < -0.4 is 14.8 Å². The van der Waals surface area contributed by atoms with E-state index >= 15 is 0 Å². The minimum atomic E-state index is -0.0964. The molecule has 0 aliphatic rings. The fraction of sp³-hybridized carbons (Fsp3) is 0.400. The Labute approximate surface area is 157 Å². The molecule has 1 amide bonds. The van der Waals surface area contributed by atoms with E-state index < -0.39 is 0 Å². The number of nitrogens with zero attached hydrogens (tertiary/aromatic N) is 2. The van der Waals surface area contributed by atoms with Crippen LogP contribution in [-0.4, -0.2) is 36.1 Å². The van der Waals surface area contributed by atoms with Gasteiger partial charge in [0.05, 0.1) is 14.2 Å². The molecule has 0 atom stereocenters. The van der Waals surface area contributed by atoms with Crippen molar-refractivity contribution in [2.75, 3.05) is 25.3 Å². The molecule has 1 N–H and O–H groups in total. The predicted octanol–water partition coefficient (Wildman–Crippen LogP) is 4.00. The Morgan fingerprint density at radius 2 is 2.00 bits per heavy atom. The average molecular weight is 432 g/mol. The van der Waals surface area contributed by atoms with E-state index in [2.05, 4.69) is 31.4 Å². The molecule has 2 aromatic rings. The minimum Gasteiger partial charge on any atom is -0.493 e. The highest BCUT2D eigenvalue weighted by Gasteiger charge is 2.12. The van der Waals surface area contributed by atoms with E-state index in [1.165, 1.54) is 11.3 Å². The van der Waals surface area contributed by atoms with Gasteiger partial charge < -0.3 is 14.8 Å². The van der Waals surface area contributed by atoms with Gasteiger partial charge in [-0.15, -0.1) is 10.2 Å². The molecule has 0 fully saturated rings. The van der Waals surface area contributed by atoms with Crippen molar-refractivity contribution >= 4 is 50.1 Å². The third-order valence-electron chi connectivity index (χ3n) is 3.09. The molecule has 0 unspecified atom stereocenters. The molecule has 0 radical (unpaired) electrons. The minimum absolute atomic E-state index is 0.0964. The van der Waals surface area contributed by atoms with Crippen LogP contribution in [0.1, 0.15) is 18.9 Å². The van der Waals surface area contributed by atoms with Crippen LogP contribution in [0.5, 0.6) is 11.5 Å². The van der Waals surface area contributed by atoms with Crippen molar-refractivity contribution in [1.82, 2.24) is 10.2 Å². The first-order valence-electron chi connectivity index (χ1n) is 7.24. The van der Waals surface area contributed by atoms with Gasteiger partial charge in [0.2, 0.25) is 11.0 Å². The SMILES string of the molecule is CCSc1nnc(NC(=O)CCc2cc(OC)c(OC)cc2Br)s1. The highest BCUT2D eigenvalue weighted by atomic mass is 79.9. The number of nitrogens with one attached hydrogen (secondary N) is 1. The van der Waals surface area contributed by atoms with Gasteiger partial charge in [-0.1, -0.05) is 46.0 Å². The zero-order valence-electron chi connectivity index (χ0n) is 13.6. The summed E-state index contributed by atoms with van der Waals surface area (Å²) in [6, 6.07) is 3.71. The molecule has 0 saturated heterocycles. The molecule has 0 spiro atoms. The number of amides is 1. The first-order chi connectivity index (χ1) is 11.6. The van der Waals surface area contributed by atoms with Gasteiger partial charge in [0.1, 0.15) is 0 Å². The number of thioether (sulfide) groups is 1. The van der Waals surface area contributed by atoms with E-state index in [0.717, 1.165) is 20.1 Å². The Hall–Kier alpha value is -1.32. The summed E-state index contributed by atoms with van der Waals surface area (Å²) >= 11 is 6.49. The maximum atomic E-state index is 12.1. The zero-order valence-corrected chi connectivity index (χ0v) is 16.8. The number of aryl methyl sites for hydroxylation is 1. The number of ether oxygens (including phenoxy) is 2. The Kier molecular flexibility index (Phi) is 7.32. The van der Waals surface area contributed by atoms with Gasteiger partial charge in [-0.05, 0) is 29.9 Å². The summed E-state index contributed by atoms with van der Waals surface area (Å²) in [5.74, 6) is 2.12. The molecule has 1 aromatic carbocycles. The van der Waals surface area contributed by atoms with Crippen molar-refractivity contribution in [3.05, 3.63) is 22.2 Å². The quantitative estimate of drug-likeness (QED) is 0.502. The molecule has 9 heteroatoms. The number of anilines is 1. The third kappa shape index (κ3) is 5.09. The lowest BCUT2D eigenvalue weighted by Gasteiger charge is -2.11. The van der Waals surface area contributed by atoms with Gasteiger partial charge in [-0.3, -0.25) is 4.79 Å². The average Bonchev–Trinajstić information content (AvgIpc) is 3.00. The predicted molar refractivity (Wildman–Crippen MR) is 101 cm³/mol. The summed E-state index contributed by atoms with van der Waals surface area (Å²) in [5.41, 5.74) is 0.974. The van der Waals surface area contributed by atoms with Gasteiger partial charge in [0.25, 0.3) is 0 Å². The molecule has 1 aromatic heterocycles. The maximum Gasteiger partial charge on any atom is 0.226 e. The molecule has 0 aliphatic heterocycles. The van der Waals surface area contributed by atoms with Gasteiger partial charge in [-0.2, -0.15) is 0 Å². The number of benzene rings is 1. The van der Waals surface area contributed by atoms with Crippen LogP contribution in [0.4, 0.5) is 5.13 Å². The van der Waals surface area contributed by atoms with E-state index in [0.29, 0.717) is 29.5 Å². The molecular weight excluding hydrogens is 414 g/mol. The van der Waals surface area contributed by atoms with Gasteiger partial charge in [0.15, 0.2) is 15.8 Å². The van der Waals surface area contributed by atoms with E-state index in [1.807, 2.05) is 19.1 Å². The van der Waals surface area contributed by atoms with Crippen molar-refractivity contribution in [2.45, 2.75) is 24.1 Å². The lowest BCUT2D eigenvalue weighted by atomic mass is 10.1. The first-order valence-corrected chi connectivity index (χ1v) is 9.83. The van der Waals surface area contributed by atoms with Crippen LogP contribution in [0.3, 0.4) is 0 Å². The van der Waals surface area contributed by atoms with E-state index in [1.54, 1.807) is 26.0 Å². The van der Waals surface area contributed by atoms with E-state index in [4.69, 9.17) is 9.47 Å². The largest absolute Gasteiger partial charge is 0.493 e. The van der Waals surface area contributed by atoms with Crippen molar-refractivity contribution in [3.63, 3.8) is 0 Å². The second-order valence-corrected chi connectivity index (χ2v) is 8.00. The van der Waals surface area contributed by atoms with Crippen LogP contribution in [0.15, 0.2) is 20.9 Å². The molecule has 0 saturated carbocycles. The number of hydrogen-bond acceptors (Lipinski definition) is 7. The summed E-state index contributed by atoms with van der Waals surface area (Å²) < 4.78 is 12.3. The van der Waals surface area contributed by atoms with Crippen LogP contribution in [0.25, 0.3) is 0 Å². The highest BCUT2D eigenvalue weighted by Crippen LogP contribution is 2.34. The fourth-order valence-electron chi connectivity index (χ4n) is 1.96. The summed E-state index contributed by atoms with van der Waals surface area (Å²) in [6.07, 6.45) is 0.909. The lowest BCUT2D eigenvalue weighted by Crippen LogP contribution is -2.12. The Morgan fingerprint density at radius 1 is 1.29 bits per heavy atom. The Balaban J connectivity index is 1.95. The normalized spacial score (nSPS) is 10.5. The monoisotopic (exact) mass is 431 g/mol. The highest BCUT2D eigenvalue weighted by molar-refractivity contribution is 9.10. The number of aromatic nitrogens is 2. The smallest absolute Gasteiger partial charge is 0.226 e. The van der Waals surface area contributed by atoms with Gasteiger partial charge in [0, 0.05) is 10.9 Å². The number of rotatable bonds is 8. The molecule has 0 aliphatic carbocycles. The first kappa shape index (κ1) is 19.0. The van der Waals surface area contributed by atoms with Crippen molar-refractivity contribution in [2.24, 2.45) is 0 Å². The third-order valence-corrected chi connectivity index (χ3v) is 5.69. The molecule has 24 heavy (non-hydrogen) atoms. The van der Waals surface area contributed by atoms with E-state index in [-0.39, 0.29) is 5.91 Å². The topological polar surface area (TPSA) is 73.3 Å². The van der Waals surface area contributed by atoms with Gasteiger partial charge >= 0.3 is 0 Å². The van der Waals surface area contributed by atoms with Crippen molar-refractivity contribution in [3.8, 4) is 11.5 Å². The number of hydrogen-bond donors (Lipinski definition) is 1. The van der Waals surface area contributed by atoms with Crippen LogP contribution in [0.2, 0.25) is 0 Å². The Bertz CT molecular complexity index is 709. The van der Waals surface area contributed by atoms with Crippen LogP contribution in [0, 0.1) is 0 Å². The number of halogens is 1. The summed E-state index contributed by atoms with van der Waals surface area (Å²) in [7, 11) is 3.17. The number of carbonyl (C=O) groups excluding carboxylic acids is 1. The van der Waals surface area contributed by atoms with Crippen LogP contribution >= 0.6 is 39.0 Å². The molecule has 6 nitrogen and oxygen atoms in total. The standard InChI is InChI=1S/C15H18BrN3O3S2/c1-4-23-15-19-18-14(24-15)17-13(20)6-5-9-7-11(21-2)12(22-3)8-10(9)16/h7-8H,4-6H2,1-3H3,(H,17,18,20). The van der Waals surface area contributed by atoms with Gasteiger partial charge in [-0.25, -0.2) is 0 Å². The molecular formula is C15H18BrN3O3S2. The van der Waals surface area contributed by atoms with Crippen molar-refractivity contribution < 1.29 is 14.3 Å². The summed E-state index contributed by atoms with van der Waals surface area (Å²) in [6.45, 7) is 2.05.